The second-order valence-corrected chi connectivity index (χ2v) is 3.81. The largest absolute Gasteiger partial charge is 0.449 e. The molecule has 0 aliphatic rings. The molecular weight excluding hydrogens is 244 g/mol. The Kier molecular flexibility index (Phi) is 4.34. The summed E-state index contributed by atoms with van der Waals surface area (Å²) in [6.07, 6.45) is -0.857. The van der Waals surface area contributed by atoms with E-state index in [4.69, 9.17) is 22.1 Å². The summed E-state index contributed by atoms with van der Waals surface area (Å²) in [4.78, 5) is 22.8. The van der Waals surface area contributed by atoms with Crippen LogP contribution in [0.2, 0.25) is 5.02 Å². The second kappa shape index (κ2) is 5.54. The van der Waals surface area contributed by atoms with Crippen molar-refractivity contribution in [3.8, 4) is 0 Å². The first-order valence-corrected chi connectivity index (χ1v) is 5.31. The molecule has 0 saturated carbocycles. The van der Waals surface area contributed by atoms with Crippen molar-refractivity contribution in [3.05, 3.63) is 28.8 Å². The number of ether oxygens (including phenoxy) is 1. The number of anilines is 1. The topological polar surface area (TPSA) is 81.4 Å². The van der Waals surface area contributed by atoms with Crippen LogP contribution in [0, 0.1) is 0 Å². The van der Waals surface area contributed by atoms with Gasteiger partial charge in [0.25, 0.3) is 5.91 Å². The van der Waals surface area contributed by atoms with Crippen LogP contribution in [0.4, 0.5) is 5.69 Å². The SMILES string of the molecule is CNC(=O)C(C)OC(=O)c1ccc(Cl)c(N)c1. The van der Waals surface area contributed by atoms with E-state index in [2.05, 4.69) is 5.32 Å². The lowest BCUT2D eigenvalue weighted by molar-refractivity contribution is -0.128. The molecule has 6 heteroatoms. The van der Waals surface area contributed by atoms with Gasteiger partial charge in [-0.2, -0.15) is 0 Å². The highest BCUT2D eigenvalue weighted by atomic mass is 35.5. The Labute approximate surface area is 104 Å². The highest BCUT2D eigenvalue weighted by Crippen LogP contribution is 2.20. The molecule has 1 rings (SSSR count). The van der Waals surface area contributed by atoms with Crippen LogP contribution in [0.5, 0.6) is 0 Å². The van der Waals surface area contributed by atoms with Crippen molar-refractivity contribution in [2.24, 2.45) is 0 Å². The maximum Gasteiger partial charge on any atom is 0.338 e. The monoisotopic (exact) mass is 256 g/mol. The maximum atomic E-state index is 11.6. The Balaban J connectivity index is 2.76. The maximum absolute atomic E-state index is 11.6. The summed E-state index contributed by atoms with van der Waals surface area (Å²) < 4.78 is 4.93. The molecule has 0 saturated heterocycles. The Morgan fingerprint density at radius 3 is 2.65 bits per heavy atom. The first kappa shape index (κ1) is 13.3. The Hall–Kier alpha value is -1.75. The lowest BCUT2D eigenvalue weighted by Crippen LogP contribution is -2.33. The first-order valence-electron chi connectivity index (χ1n) is 4.93. The van der Waals surface area contributed by atoms with E-state index >= 15 is 0 Å². The molecule has 1 amide bonds. The highest BCUT2D eigenvalue weighted by Gasteiger charge is 2.17. The van der Waals surface area contributed by atoms with Crippen molar-refractivity contribution in [1.82, 2.24) is 5.32 Å². The molecule has 5 nitrogen and oxygen atoms in total. The van der Waals surface area contributed by atoms with Crippen LogP contribution in [-0.4, -0.2) is 25.0 Å². The molecule has 0 heterocycles. The van der Waals surface area contributed by atoms with E-state index in [9.17, 15) is 9.59 Å². The number of amides is 1. The van der Waals surface area contributed by atoms with Crippen molar-refractivity contribution in [1.29, 1.82) is 0 Å². The molecule has 0 aromatic heterocycles. The molecule has 0 spiro atoms. The van der Waals surface area contributed by atoms with Crippen molar-refractivity contribution >= 4 is 29.2 Å². The normalized spacial score (nSPS) is 11.7. The number of carbonyl (C=O) groups is 2. The van der Waals surface area contributed by atoms with E-state index in [0.717, 1.165) is 0 Å². The molecule has 1 unspecified atom stereocenters. The van der Waals surface area contributed by atoms with Crippen molar-refractivity contribution in [2.75, 3.05) is 12.8 Å². The Morgan fingerprint density at radius 2 is 2.12 bits per heavy atom. The molecule has 3 N–H and O–H groups in total. The van der Waals surface area contributed by atoms with Crippen LogP contribution in [0.15, 0.2) is 18.2 Å². The number of esters is 1. The highest BCUT2D eigenvalue weighted by molar-refractivity contribution is 6.33. The van der Waals surface area contributed by atoms with Gasteiger partial charge < -0.3 is 15.8 Å². The summed E-state index contributed by atoms with van der Waals surface area (Å²) >= 11 is 5.72. The number of nitrogens with one attached hydrogen (secondary N) is 1. The number of benzene rings is 1. The van der Waals surface area contributed by atoms with Gasteiger partial charge in [-0.15, -0.1) is 0 Å². The summed E-state index contributed by atoms with van der Waals surface area (Å²) in [6.45, 7) is 1.48. The fourth-order valence-electron chi connectivity index (χ4n) is 1.16. The lowest BCUT2D eigenvalue weighted by atomic mass is 10.2. The molecule has 0 aliphatic carbocycles. The van der Waals surface area contributed by atoms with Crippen molar-refractivity contribution in [2.45, 2.75) is 13.0 Å². The fraction of sp³-hybridized carbons (Fsp3) is 0.273. The minimum Gasteiger partial charge on any atom is -0.449 e. The fourth-order valence-corrected chi connectivity index (χ4v) is 1.27. The van der Waals surface area contributed by atoms with Gasteiger partial charge >= 0.3 is 5.97 Å². The molecular formula is C11H13ClN2O3. The Morgan fingerprint density at radius 1 is 1.47 bits per heavy atom. The summed E-state index contributed by atoms with van der Waals surface area (Å²) in [5, 5.41) is 2.74. The predicted molar refractivity (Wildman–Crippen MR) is 64.8 cm³/mol. The quantitative estimate of drug-likeness (QED) is 0.629. The number of nitrogen functional groups attached to an aromatic ring is 1. The minimum absolute atomic E-state index is 0.252. The zero-order valence-corrected chi connectivity index (χ0v) is 10.2. The lowest BCUT2D eigenvalue weighted by Gasteiger charge is -2.11. The number of rotatable bonds is 3. The summed E-state index contributed by atoms with van der Waals surface area (Å²) in [7, 11) is 1.47. The number of carbonyl (C=O) groups excluding carboxylic acids is 2. The molecule has 0 radical (unpaired) electrons. The number of likely N-dealkylation sites (N-methyl/N-ethyl adjacent to an activating group) is 1. The summed E-state index contributed by atoms with van der Waals surface area (Å²) in [5.41, 5.74) is 6.09. The van der Waals surface area contributed by atoms with Crippen molar-refractivity contribution in [3.63, 3.8) is 0 Å². The van der Waals surface area contributed by atoms with Gasteiger partial charge in [0.15, 0.2) is 6.10 Å². The van der Waals surface area contributed by atoms with Crippen LogP contribution >= 0.6 is 11.6 Å². The molecule has 0 bridgehead atoms. The third-order valence-corrected chi connectivity index (χ3v) is 2.48. The van der Waals surface area contributed by atoms with Gasteiger partial charge in [-0.3, -0.25) is 4.79 Å². The molecule has 17 heavy (non-hydrogen) atoms. The summed E-state index contributed by atoms with van der Waals surface area (Å²) in [5.74, 6) is -0.996. The van der Waals surface area contributed by atoms with Crippen LogP contribution in [0.25, 0.3) is 0 Å². The van der Waals surface area contributed by atoms with E-state index in [-0.39, 0.29) is 17.2 Å². The van der Waals surface area contributed by atoms with Gasteiger partial charge in [0, 0.05) is 7.05 Å². The first-order chi connectivity index (χ1) is 7.95. The molecule has 1 aromatic carbocycles. The van der Waals surface area contributed by atoms with Gasteiger partial charge in [-0.1, -0.05) is 11.6 Å². The second-order valence-electron chi connectivity index (χ2n) is 3.40. The van der Waals surface area contributed by atoms with Crippen LogP contribution < -0.4 is 11.1 Å². The number of hydrogen-bond acceptors (Lipinski definition) is 4. The van der Waals surface area contributed by atoms with Crippen LogP contribution in [-0.2, 0) is 9.53 Å². The van der Waals surface area contributed by atoms with Crippen LogP contribution in [0.3, 0.4) is 0 Å². The van der Waals surface area contributed by atoms with E-state index < -0.39 is 12.1 Å². The van der Waals surface area contributed by atoms with E-state index in [1.54, 1.807) is 0 Å². The van der Waals surface area contributed by atoms with E-state index in [0.29, 0.717) is 5.02 Å². The average molecular weight is 257 g/mol. The zero-order chi connectivity index (χ0) is 13.0. The van der Waals surface area contributed by atoms with Gasteiger partial charge in [-0.05, 0) is 25.1 Å². The molecule has 92 valence electrons. The molecule has 0 fully saturated rings. The number of halogens is 1. The summed E-state index contributed by atoms with van der Waals surface area (Å²) in [6, 6.07) is 4.39. The van der Waals surface area contributed by atoms with Gasteiger partial charge in [-0.25, -0.2) is 4.79 Å². The molecule has 1 aromatic rings. The smallest absolute Gasteiger partial charge is 0.338 e. The standard InChI is InChI=1S/C11H13ClN2O3/c1-6(10(15)14-2)17-11(16)7-3-4-8(12)9(13)5-7/h3-6H,13H2,1-2H3,(H,14,15). The third-order valence-electron chi connectivity index (χ3n) is 2.13. The molecule has 0 aliphatic heterocycles. The average Bonchev–Trinajstić information content (AvgIpc) is 2.31. The molecule has 1 atom stereocenters. The number of nitrogens with two attached hydrogens (primary N) is 1. The Bertz CT molecular complexity index is 448. The van der Waals surface area contributed by atoms with Crippen molar-refractivity contribution < 1.29 is 14.3 Å². The number of hydrogen-bond donors (Lipinski definition) is 2. The third kappa shape index (κ3) is 3.35. The minimum atomic E-state index is -0.857. The van der Waals surface area contributed by atoms with Gasteiger partial charge in [0.1, 0.15) is 0 Å². The van der Waals surface area contributed by atoms with Gasteiger partial charge in [0.05, 0.1) is 16.3 Å². The van der Waals surface area contributed by atoms with E-state index in [1.165, 1.54) is 32.2 Å². The zero-order valence-electron chi connectivity index (χ0n) is 9.49. The van der Waals surface area contributed by atoms with Gasteiger partial charge in [0.2, 0.25) is 0 Å². The van der Waals surface area contributed by atoms with E-state index in [1.807, 2.05) is 0 Å². The predicted octanol–water partition coefficient (Wildman–Crippen LogP) is 1.21. The van der Waals surface area contributed by atoms with Crippen LogP contribution in [0.1, 0.15) is 17.3 Å².